The van der Waals surface area contributed by atoms with Crippen molar-refractivity contribution in [2.24, 2.45) is 0 Å². The zero-order valence-corrected chi connectivity index (χ0v) is 33.0. The Bertz CT molecular complexity index is 1910. The van der Waals surface area contributed by atoms with Gasteiger partial charge in [0.15, 0.2) is 0 Å². The smallest absolute Gasteiger partial charge is 0.411 e. The normalized spacial score (nSPS) is 19.3. The minimum Gasteiger partial charge on any atom is -0.481 e. The molecule has 6 rings (SSSR count). The molecule has 1 aromatic carbocycles. The van der Waals surface area contributed by atoms with Gasteiger partial charge in [0.25, 0.3) is 33.5 Å². The number of carbonyl (C=O) groups excluding carboxylic acids is 2. The zero-order chi connectivity index (χ0) is 39.2. The standard InChI is InChI=1S/C29H30Cl3N5O6S2.2C2H4O2/c1-34-10-7-19(8-11-34)35-12-14-36(15-13-35)28(39)43-29(20-4-3-9-33-26(20)42-2)21-16-18(30)5-6-23(21)37(27(29)38)45(40,41)24-17-22(31)25(32)44-24;2*1-2(3)4/h3-6,9,16-17,19H,7-8,10-15H2,1-2H3;2*1H3,(H,3,4). The first-order chi connectivity index (χ1) is 24.9. The third kappa shape index (κ3) is 9.33. The number of benzene rings is 1. The van der Waals surface area contributed by atoms with Gasteiger partial charge < -0.3 is 29.5 Å². The Morgan fingerprint density at radius 2 is 1.55 bits per heavy atom. The van der Waals surface area contributed by atoms with Gasteiger partial charge in [-0.1, -0.05) is 34.8 Å². The molecule has 2 saturated heterocycles. The Hall–Kier alpha value is -3.71. The lowest BCUT2D eigenvalue weighted by atomic mass is 9.87. The van der Waals surface area contributed by atoms with Gasteiger partial charge in [-0.25, -0.2) is 9.78 Å². The fourth-order valence-corrected chi connectivity index (χ4v) is 9.76. The number of methoxy groups -OCH3 is 1. The lowest BCUT2D eigenvalue weighted by molar-refractivity contribution is -0.135. The first kappa shape index (κ1) is 42.0. The predicted octanol–water partition coefficient (Wildman–Crippen LogP) is 5.12. The van der Waals surface area contributed by atoms with Crippen molar-refractivity contribution in [1.82, 2.24) is 19.7 Å². The highest BCUT2D eigenvalue weighted by atomic mass is 35.5. The van der Waals surface area contributed by atoms with E-state index in [0.717, 1.165) is 39.8 Å². The fourth-order valence-electron chi connectivity index (χ4n) is 6.18. The summed E-state index contributed by atoms with van der Waals surface area (Å²) in [5, 5.41) is 15.0. The lowest BCUT2D eigenvalue weighted by Gasteiger charge is -2.42. The number of aliphatic carboxylic acids is 2. The molecule has 288 valence electrons. The van der Waals surface area contributed by atoms with Crippen LogP contribution in [0.4, 0.5) is 10.5 Å². The van der Waals surface area contributed by atoms with Crippen LogP contribution < -0.4 is 9.04 Å². The van der Waals surface area contributed by atoms with Crippen molar-refractivity contribution in [1.29, 1.82) is 0 Å². The molecule has 3 aliphatic heterocycles. The van der Waals surface area contributed by atoms with Crippen molar-refractivity contribution in [2.75, 3.05) is 57.7 Å². The quantitative estimate of drug-likeness (QED) is 0.334. The molecule has 1 unspecified atom stereocenters. The van der Waals surface area contributed by atoms with E-state index in [9.17, 15) is 18.0 Å². The molecule has 2 amide bonds. The number of hydrogen-bond donors (Lipinski definition) is 2. The highest BCUT2D eigenvalue weighted by Crippen LogP contribution is 2.52. The maximum Gasteiger partial charge on any atom is 0.411 e. The second-order valence-electron chi connectivity index (χ2n) is 12.1. The average Bonchev–Trinajstić information content (AvgIpc) is 3.57. The van der Waals surface area contributed by atoms with Gasteiger partial charge in [0.05, 0.1) is 23.4 Å². The maximum atomic E-state index is 14.7. The van der Waals surface area contributed by atoms with E-state index in [1.165, 1.54) is 48.5 Å². The number of carboxylic acid groups (broad SMARTS) is 2. The van der Waals surface area contributed by atoms with Crippen LogP contribution in [0.15, 0.2) is 46.8 Å². The second-order valence-corrected chi connectivity index (χ2v) is 16.6. The number of hydrogen-bond acceptors (Lipinski definition) is 12. The summed E-state index contributed by atoms with van der Waals surface area (Å²) >= 11 is 19.3. The summed E-state index contributed by atoms with van der Waals surface area (Å²) in [5.41, 5.74) is -2.27. The van der Waals surface area contributed by atoms with Crippen LogP contribution in [-0.4, -0.2) is 122 Å². The van der Waals surface area contributed by atoms with Gasteiger partial charge in [-0.15, -0.1) is 11.3 Å². The number of pyridine rings is 1. The molecule has 15 nitrogen and oxygen atoms in total. The Balaban J connectivity index is 0.000000714. The third-order valence-electron chi connectivity index (χ3n) is 8.52. The van der Waals surface area contributed by atoms with Crippen LogP contribution in [0.25, 0.3) is 0 Å². The molecule has 0 spiro atoms. The van der Waals surface area contributed by atoms with E-state index in [1.807, 2.05) is 0 Å². The number of rotatable bonds is 6. The molecule has 1 atom stereocenters. The van der Waals surface area contributed by atoms with Gasteiger partial charge in [-0.05, 0) is 69.4 Å². The molecule has 2 aromatic heterocycles. The predicted molar refractivity (Wildman–Crippen MR) is 199 cm³/mol. The zero-order valence-electron chi connectivity index (χ0n) is 29.1. The fraction of sp³-hybridized carbons (Fsp3) is 0.424. The van der Waals surface area contributed by atoms with Gasteiger partial charge in [0, 0.05) is 62.9 Å². The van der Waals surface area contributed by atoms with Gasteiger partial charge in [0.1, 0.15) is 8.55 Å². The number of carboxylic acids is 2. The Kier molecular flexibility index (Phi) is 14.0. The van der Waals surface area contributed by atoms with E-state index in [0.29, 0.717) is 47.9 Å². The number of halogens is 3. The van der Waals surface area contributed by atoms with Crippen LogP contribution >= 0.6 is 46.1 Å². The number of likely N-dealkylation sites (tertiary alicyclic amines) is 1. The van der Waals surface area contributed by atoms with Crippen molar-refractivity contribution in [3.63, 3.8) is 0 Å². The van der Waals surface area contributed by atoms with Crippen LogP contribution in [0.5, 0.6) is 5.88 Å². The molecule has 53 heavy (non-hydrogen) atoms. The third-order valence-corrected chi connectivity index (χ3v) is 12.8. The van der Waals surface area contributed by atoms with Crippen LogP contribution in [0.2, 0.25) is 14.4 Å². The number of amides is 2. The van der Waals surface area contributed by atoms with E-state index >= 15 is 0 Å². The van der Waals surface area contributed by atoms with Crippen LogP contribution in [0.3, 0.4) is 0 Å². The Labute approximate surface area is 325 Å². The molecular formula is C33H38Cl3N5O10S2. The molecule has 0 radical (unpaired) electrons. The molecule has 3 aromatic rings. The van der Waals surface area contributed by atoms with E-state index < -0.39 is 39.6 Å². The van der Waals surface area contributed by atoms with Crippen LogP contribution in [0, 0.1) is 0 Å². The summed E-state index contributed by atoms with van der Waals surface area (Å²) in [7, 11) is -1.12. The van der Waals surface area contributed by atoms with Gasteiger partial charge in [-0.3, -0.25) is 19.3 Å². The lowest BCUT2D eigenvalue weighted by Crippen LogP contribution is -2.55. The maximum absolute atomic E-state index is 14.7. The summed E-state index contributed by atoms with van der Waals surface area (Å²) < 4.78 is 40.3. The number of ether oxygens (including phenoxy) is 2. The SMILES string of the molecule is CC(=O)O.CC(=O)O.COc1ncccc1C1(OC(=O)N2CCN(C3CCN(C)CC3)CC2)C(=O)N(S(=O)(=O)c2cc(Cl)c(Cl)s2)c2ccc(Cl)cc21. The molecule has 20 heteroatoms. The first-order valence-electron chi connectivity index (χ1n) is 16.1. The molecule has 0 bridgehead atoms. The largest absolute Gasteiger partial charge is 0.481 e. The van der Waals surface area contributed by atoms with Crippen molar-refractivity contribution < 1.29 is 47.3 Å². The van der Waals surface area contributed by atoms with Crippen molar-refractivity contribution in [2.45, 2.75) is 42.5 Å². The Morgan fingerprint density at radius 1 is 0.943 bits per heavy atom. The number of aromatic nitrogens is 1. The summed E-state index contributed by atoms with van der Waals surface area (Å²) in [6.07, 6.45) is 2.77. The summed E-state index contributed by atoms with van der Waals surface area (Å²) in [4.78, 5) is 57.2. The molecule has 5 heterocycles. The minimum absolute atomic E-state index is 0.0224. The van der Waals surface area contributed by atoms with Crippen molar-refractivity contribution in [3.05, 3.63) is 68.1 Å². The van der Waals surface area contributed by atoms with E-state index in [-0.39, 0.29) is 41.3 Å². The van der Waals surface area contributed by atoms with Crippen LogP contribution in [-0.2, 0) is 34.7 Å². The van der Waals surface area contributed by atoms with Gasteiger partial charge in [0.2, 0.25) is 5.88 Å². The number of nitrogens with zero attached hydrogens (tertiary/aromatic N) is 5. The number of fused-ring (bicyclic) bond motifs is 1. The molecular weight excluding hydrogens is 797 g/mol. The number of carbonyl (C=O) groups is 4. The molecule has 2 fully saturated rings. The summed E-state index contributed by atoms with van der Waals surface area (Å²) in [5.74, 6) is -2.76. The van der Waals surface area contributed by atoms with Gasteiger partial charge in [-0.2, -0.15) is 12.7 Å². The molecule has 0 saturated carbocycles. The Morgan fingerprint density at radius 3 is 2.09 bits per heavy atom. The average molecular weight is 835 g/mol. The van der Waals surface area contributed by atoms with Crippen molar-refractivity contribution in [3.8, 4) is 5.88 Å². The number of sulfonamides is 1. The van der Waals surface area contributed by atoms with Gasteiger partial charge >= 0.3 is 6.09 Å². The number of piperidine rings is 1. The van der Waals surface area contributed by atoms with Crippen molar-refractivity contribution >= 4 is 85.8 Å². The molecule has 2 N–H and O–H groups in total. The second kappa shape index (κ2) is 17.6. The number of anilines is 1. The molecule has 3 aliphatic rings. The van der Waals surface area contributed by atoms with E-state index in [4.69, 9.17) is 64.1 Å². The summed E-state index contributed by atoms with van der Waals surface area (Å²) in [6, 6.07) is 8.92. The topological polar surface area (TPSA) is 187 Å². The monoisotopic (exact) mass is 833 g/mol. The van der Waals surface area contributed by atoms with Crippen LogP contribution in [0.1, 0.15) is 37.8 Å². The highest BCUT2D eigenvalue weighted by Gasteiger charge is 2.61. The number of thiophene rings is 1. The minimum atomic E-state index is -4.58. The molecule has 0 aliphatic carbocycles. The number of piperazine rings is 1. The van der Waals surface area contributed by atoms with E-state index in [2.05, 4.69) is 21.8 Å². The highest BCUT2D eigenvalue weighted by molar-refractivity contribution is 7.95. The van der Waals surface area contributed by atoms with E-state index in [1.54, 1.807) is 6.07 Å². The summed E-state index contributed by atoms with van der Waals surface area (Å²) in [6.45, 7) is 6.24. The first-order valence-corrected chi connectivity index (χ1v) is 19.5.